The van der Waals surface area contributed by atoms with Crippen molar-refractivity contribution in [3.05, 3.63) is 64.7 Å². The first-order valence-electron chi connectivity index (χ1n) is 7.74. The van der Waals surface area contributed by atoms with Gasteiger partial charge in [0.05, 0.1) is 5.56 Å². The molecule has 1 heterocycles. The van der Waals surface area contributed by atoms with E-state index in [2.05, 4.69) is 36.9 Å². The number of carboxylic acid groups (broad SMARTS) is 1. The number of fused-ring (bicyclic) bond motifs is 1. The molecule has 0 atom stereocenters. The molecule has 2 aromatic carbocycles. The van der Waals surface area contributed by atoms with Gasteiger partial charge in [-0.25, -0.2) is 4.79 Å². The highest BCUT2D eigenvalue weighted by Crippen LogP contribution is 2.32. The first kappa shape index (κ1) is 14.6. The number of benzene rings is 2. The van der Waals surface area contributed by atoms with Crippen molar-refractivity contribution >= 4 is 11.7 Å². The van der Waals surface area contributed by atoms with Crippen molar-refractivity contribution in [2.75, 3.05) is 11.4 Å². The van der Waals surface area contributed by atoms with Crippen molar-refractivity contribution in [3.63, 3.8) is 0 Å². The third-order valence-electron chi connectivity index (χ3n) is 4.34. The average molecular weight is 295 g/mol. The van der Waals surface area contributed by atoms with Crippen LogP contribution in [0, 0.1) is 0 Å². The van der Waals surface area contributed by atoms with E-state index in [1.54, 1.807) is 12.1 Å². The Bertz CT molecular complexity index is 689. The fraction of sp³-hybridized carbons (Fsp3) is 0.316. The molecule has 114 valence electrons. The number of nitrogens with zero attached hydrogens (tertiary/aromatic N) is 1. The maximum atomic E-state index is 10.9. The van der Waals surface area contributed by atoms with Crippen molar-refractivity contribution in [3.8, 4) is 0 Å². The zero-order chi connectivity index (χ0) is 15.7. The molecule has 0 saturated carbocycles. The Hall–Kier alpha value is -2.29. The molecule has 1 aliphatic rings. The van der Waals surface area contributed by atoms with Crippen LogP contribution in [-0.2, 0) is 13.0 Å². The molecule has 1 aliphatic heterocycles. The van der Waals surface area contributed by atoms with Gasteiger partial charge >= 0.3 is 5.97 Å². The zero-order valence-corrected chi connectivity index (χ0v) is 13.0. The van der Waals surface area contributed by atoms with Gasteiger partial charge in [0.2, 0.25) is 0 Å². The number of rotatable bonds is 4. The van der Waals surface area contributed by atoms with E-state index in [9.17, 15) is 4.79 Å². The minimum absolute atomic E-state index is 0.340. The Balaban J connectivity index is 1.77. The van der Waals surface area contributed by atoms with E-state index in [0.717, 1.165) is 25.1 Å². The van der Waals surface area contributed by atoms with Crippen LogP contribution in [0.25, 0.3) is 0 Å². The Kier molecular flexibility index (Phi) is 3.88. The molecule has 22 heavy (non-hydrogen) atoms. The number of hydrogen-bond donors (Lipinski definition) is 1. The van der Waals surface area contributed by atoms with Gasteiger partial charge in [-0.2, -0.15) is 0 Å². The molecule has 2 aromatic rings. The maximum Gasteiger partial charge on any atom is 0.335 e. The summed E-state index contributed by atoms with van der Waals surface area (Å²) >= 11 is 0. The van der Waals surface area contributed by atoms with Crippen molar-refractivity contribution < 1.29 is 9.90 Å². The molecule has 0 spiro atoms. The molecule has 0 aromatic heterocycles. The molecule has 0 bridgehead atoms. The molecule has 0 saturated heterocycles. The Labute approximate surface area is 131 Å². The predicted octanol–water partition coefficient (Wildman–Crippen LogP) is 4.07. The van der Waals surface area contributed by atoms with Crippen LogP contribution in [0.4, 0.5) is 5.69 Å². The number of hydrogen-bond acceptors (Lipinski definition) is 2. The van der Waals surface area contributed by atoms with Gasteiger partial charge in [-0.15, -0.1) is 0 Å². The lowest BCUT2D eigenvalue weighted by Crippen LogP contribution is -2.19. The molecule has 0 fully saturated rings. The van der Waals surface area contributed by atoms with Gasteiger partial charge < -0.3 is 10.0 Å². The summed E-state index contributed by atoms with van der Waals surface area (Å²) in [6.07, 6.45) is 1.09. The smallest absolute Gasteiger partial charge is 0.335 e. The van der Waals surface area contributed by atoms with Gasteiger partial charge in [0.15, 0.2) is 0 Å². The fourth-order valence-corrected chi connectivity index (χ4v) is 2.99. The molecule has 1 N–H and O–H groups in total. The second kappa shape index (κ2) is 5.84. The van der Waals surface area contributed by atoms with Gasteiger partial charge in [0.1, 0.15) is 0 Å². The van der Waals surface area contributed by atoms with Crippen LogP contribution in [0.5, 0.6) is 0 Å². The van der Waals surface area contributed by atoms with Crippen LogP contribution in [0.15, 0.2) is 42.5 Å². The van der Waals surface area contributed by atoms with E-state index in [1.165, 1.54) is 16.8 Å². The van der Waals surface area contributed by atoms with Crippen molar-refractivity contribution in [1.82, 2.24) is 0 Å². The monoisotopic (exact) mass is 295 g/mol. The van der Waals surface area contributed by atoms with E-state index in [0.29, 0.717) is 11.5 Å². The number of carboxylic acids is 1. The molecule has 0 radical (unpaired) electrons. The molecule has 3 rings (SSSR count). The highest BCUT2D eigenvalue weighted by Gasteiger charge is 2.19. The van der Waals surface area contributed by atoms with Gasteiger partial charge in [-0.05, 0) is 47.2 Å². The largest absolute Gasteiger partial charge is 0.478 e. The minimum Gasteiger partial charge on any atom is -0.478 e. The third-order valence-corrected chi connectivity index (χ3v) is 4.34. The van der Waals surface area contributed by atoms with Gasteiger partial charge in [-0.1, -0.05) is 38.1 Å². The van der Waals surface area contributed by atoms with Gasteiger partial charge in [-0.3, -0.25) is 0 Å². The summed E-state index contributed by atoms with van der Waals surface area (Å²) in [6.45, 7) is 6.29. The molecule has 0 unspecified atom stereocenters. The second-order valence-corrected chi connectivity index (χ2v) is 6.22. The van der Waals surface area contributed by atoms with Crippen LogP contribution in [0.1, 0.15) is 46.8 Å². The SMILES string of the molecule is CC(C)c1ccc2c(c1)CCN2Cc1ccc(C(=O)O)cc1. The highest BCUT2D eigenvalue weighted by atomic mass is 16.4. The minimum atomic E-state index is -0.876. The highest BCUT2D eigenvalue weighted by molar-refractivity contribution is 5.87. The average Bonchev–Trinajstić information content (AvgIpc) is 2.90. The van der Waals surface area contributed by atoms with E-state index < -0.39 is 5.97 Å². The van der Waals surface area contributed by atoms with Crippen molar-refractivity contribution in [1.29, 1.82) is 0 Å². The summed E-state index contributed by atoms with van der Waals surface area (Å²) < 4.78 is 0. The molecular weight excluding hydrogens is 274 g/mol. The van der Waals surface area contributed by atoms with E-state index >= 15 is 0 Å². The lowest BCUT2D eigenvalue weighted by molar-refractivity contribution is 0.0697. The maximum absolute atomic E-state index is 10.9. The number of anilines is 1. The van der Waals surface area contributed by atoms with Crippen molar-refractivity contribution in [2.24, 2.45) is 0 Å². The predicted molar refractivity (Wildman–Crippen MR) is 88.7 cm³/mol. The fourth-order valence-electron chi connectivity index (χ4n) is 2.99. The number of aromatic carboxylic acids is 1. The number of carbonyl (C=O) groups is 1. The topological polar surface area (TPSA) is 40.5 Å². The van der Waals surface area contributed by atoms with E-state index in [1.807, 2.05) is 12.1 Å². The molecule has 0 amide bonds. The normalized spacial score (nSPS) is 13.5. The summed E-state index contributed by atoms with van der Waals surface area (Å²) in [6, 6.07) is 13.9. The zero-order valence-electron chi connectivity index (χ0n) is 13.0. The second-order valence-electron chi connectivity index (χ2n) is 6.22. The van der Waals surface area contributed by atoms with Crippen LogP contribution in [-0.4, -0.2) is 17.6 Å². The van der Waals surface area contributed by atoms with Crippen LogP contribution in [0.2, 0.25) is 0 Å². The van der Waals surface area contributed by atoms with Crippen LogP contribution < -0.4 is 4.90 Å². The van der Waals surface area contributed by atoms with Gasteiger partial charge in [0.25, 0.3) is 0 Å². The standard InChI is InChI=1S/C19H21NO2/c1-13(2)16-7-8-18-17(11-16)9-10-20(18)12-14-3-5-15(6-4-14)19(21)22/h3-8,11,13H,9-10,12H2,1-2H3,(H,21,22). The first-order valence-corrected chi connectivity index (χ1v) is 7.74. The van der Waals surface area contributed by atoms with Crippen molar-refractivity contribution in [2.45, 2.75) is 32.7 Å². The Morgan fingerprint density at radius 2 is 1.91 bits per heavy atom. The molecule has 0 aliphatic carbocycles. The lowest BCUT2D eigenvalue weighted by atomic mass is 10.00. The summed E-state index contributed by atoms with van der Waals surface area (Å²) in [4.78, 5) is 13.3. The first-order chi connectivity index (χ1) is 10.5. The summed E-state index contributed by atoms with van der Waals surface area (Å²) in [5.41, 5.74) is 5.62. The summed E-state index contributed by atoms with van der Waals surface area (Å²) in [5, 5.41) is 8.95. The summed E-state index contributed by atoms with van der Waals surface area (Å²) in [7, 11) is 0. The molecule has 3 heteroatoms. The molecule has 3 nitrogen and oxygen atoms in total. The van der Waals surface area contributed by atoms with E-state index in [4.69, 9.17) is 5.11 Å². The quantitative estimate of drug-likeness (QED) is 0.924. The third kappa shape index (κ3) is 2.84. The summed E-state index contributed by atoms with van der Waals surface area (Å²) in [5.74, 6) is -0.317. The van der Waals surface area contributed by atoms with Crippen LogP contribution >= 0.6 is 0 Å². The van der Waals surface area contributed by atoms with Crippen LogP contribution in [0.3, 0.4) is 0 Å². The Morgan fingerprint density at radius 3 is 2.55 bits per heavy atom. The lowest BCUT2D eigenvalue weighted by Gasteiger charge is -2.20. The Morgan fingerprint density at radius 1 is 1.18 bits per heavy atom. The van der Waals surface area contributed by atoms with Gasteiger partial charge in [0, 0.05) is 18.8 Å². The molecular formula is C19H21NO2. The van der Waals surface area contributed by atoms with E-state index in [-0.39, 0.29) is 0 Å².